The molecule has 0 aliphatic carbocycles. The van der Waals surface area contributed by atoms with Gasteiger partial charge in [0.15, 0.2) is 0 Å². The number of aromatic amines is 1. The average molecular weight is 664 g/mol. The second kappa shape index (κ2) is 13.7. The molecule has 2 aromatic rings. The molecule has 2 aliphatic heterocycles. The standard InChI is InChI=1S/C25H42N7O8PS2/c1-24(2,7-9-37-25(3,4)6-5-8-26)12-28-15(34)11-43-23-29-16-19(30-22(27)31-20(16)36)32(23)21-17(35)18-14(39-21)10-38-41(42,13-33)40-18/h13-14,17-18,21,35,41-42H,5-12,26H2,1-4H3,(H,28,34)(H3,27,30,31,36)/t14?,17?,18-,21-/m1/s1. The zero-order chi connectivity index (χ0) is 31.6. The number of thioether (sulfide) groups is 1. The van der Waals surface area contributed by atoms with Crippen LogP contribution in [0, 0.1) is 5.41 Å². The number of rotatable bonds is 14. The van der Waals surface area contributed by atoms with Crippen LogP contribution in [-0.2, 0) is 28.1 Å². The Labute approximate surface area is 259 Å². The molecule has 0 radical (unpaired) electrons. The number of imidazole rings is 1. The number of aromatic nitrogens is 4. The van der Waals surface area contributed by atoms with E-state index in [1.165, 1.54) is 4.57 Å². The van der Waals surface area contributed by atoms with Crippen LogP contribution in [0.25, 0.3) is 11.2 Å². The summed E-state index contributed by atoms with van der Waals surface area (Å²) in [5.74, 6) is -0.450. The maximum atomic E-state index is 12.9. The van der Waals surface area contributed by atoms with Gasteiger partial charge in [0.1, 0.15) is 0 Å². The number of carbonyl (C=O) groups excluding carboxylic acids is 2. The summed E-state index contributed by atoms with van der Waals surface area (Å²) < 4.78 is 24.7. The molecule has 2 aromatic heterocycles. The number of hydrogen-bond acceptors (Lipinski definition) is 14. The van der Waals surface area contributed by atoms with E-state index in [0.29, 0.717) is 25.7 Å². The van der Waals surface area contributed by atoms with Crippen LogP contribution in [0.5, 0.6) is 0 Å². The Morgan fingerprint density at radius 2 is 2.09 bits per heavy atom. The number of anilines is 1. The Bertz CT molecular complexity index is 1380. The van der Waals surface area contributed by atoms with Crippen LogP contribution in [0.15, 0.2) is 9.95 Å². The van der Waals surface area contributed by atoms with Gasteiger partial charge in [0.05, 0.1) is 5.60 Å². The van der Waals surface area contributed by atoms with E-state index in [9.17, 15) is 19.5 Å². The Morgan fingerprint density at radius 1 is 1.35 bits per heavy atom. The van der Waals surface area contributed by atoms with Crippen LogP contribution >= 0.6 is 30.9 Å². The fourth-order valence-electron chi connectivity index (χ4n) is 4.83. The second-order valence-electron chi connectivity index (χ2n) is 12.1. The molecule has 2 saturated heterocycles. The molecule has 1 amide bonds. The third-order valence-electron chi connectivity index (χ3n) is 7.36. The topological polar surface area (TPSA) is 219 Å². The first-order valence-electron chi connectivity index (χ1n) is 14.0. The summed E-state index contributed by atoms with van der Waals surface area (Å²) in [4.78, 5) is 48.0. The molecule has 0 bridgehead atoms. The van der Waals surface area contributed by atoms with E-state index >= 15 is 0 Å². The average Bonchev–Trinajstić information content (AvgIpc) is 3.46. The molecule has 18 heteroatoms. The van der Waals surface area contributed by atoms with Gasteiger partial charge < -0.3 is 10.5 Å². The fraction of sp³-hybridized carbons (Fsp3) is 0.720. The molecule has 43 heavy (non-hydrogen) atoms. The molecule has 15 nitrogen and oxygen atoms in total. The van der Waals surface area contributed by atoms with Crippen molar-refractivity contribution < 1.29 is 33.2 Å². The number of fused-ring (bicyclic) bond motifs is 2. The molecule has 4 atom stereocenters. The van der Waals surface area contributed by atoms with E-state index in [1.807, 2.05) is 13.8 Å². The number of hydrogen-bond donors (Lipinski definition) is 6. The van der Waals surface area contributed by atoms with Crippen molar-refractivity contribution >= 4 is 60.0 Å². The number of H-pyrrole nitrogens is 1. The number of aliphatic hydroxyl groups excluding tert-OH is 1. The first-order chi connectivity index (χ1) is 20.2. The maximum absolute atomic E-state index is 12.9. The van der Waals surface area contributed by atoms with E-state index in [0.717, 1.165) is 31.0 Å². The molecule has 2 aliphatic rings. The number of nitrogens with one attached hydrogen (secondary N) is 2. The van der Waals surface area contributed by atoms with E-state index in [2.05, 4.69) is 46.4 Å². The van der Waals surface area contributed by atoms with E-state index in [4.69, 9.17) is 30.0 Å². The van der Waals surface area contributed by atoms with Crippen LogP contribution in [0.1, 0.15) is 53.2 Å². The van der Waals surface area contributed by atoms with Crippen LogP contribution in [-0.4, -0.2) is 92.5 Å². The van der Waals surface area contributed by atoms with Gasteiger partial charge in [0.2, 0.25) is 0 Å². The number of amides is 1. The number of nitrogens with zero attached hydrogens (tertiary/aromatic N) is 3. The number of ether oxygens (including phenoxy) is 2. The molecule has 0 saturated carbocycles. The predicted molar refractivity (Wildman–Crippen MR) is 168 cm³/mol. The Hall–Kier alpha value is -1.82. The molecule has 7 N–H and O–H groups in total. The van der Waals surface area contributed by atoms with Gasteiger partial charge in [0, 0.05) is 6.61 Å². The predicted octanol–water partition coefficient (Wildman–Crippen LogP) is 1.15. The summed E-state index contributed by atoms with van der Waals surface area (Å²) in [6, 6.07) is 0.513. The summed E-state index contributed by atoms with van der Waals surface area (Å²) in [6.07, 6.45) is -1.53. The van der Waals surface area contributed by atoms with Crippen LogP contribution in [0.4, 0.5) is 5.95 Å². The van der Waals surface area contributed by atoms with Crippen molar-refractivity contribution in [2.75, 3.05) is 37.8 Å². The normalized spacial score (nSPS) is 24.5. The Kier molecular flexibility index (Phi) is 10.8. The molecular formula is C25H42N7O8PS2. The zero-order valence-electron chi connectivity index (χ0n) is 24.7. The van der Waals surface area contributed by atoms with Gasteiger partial charge in [-0.1, -0.05) is 13.8 Å². The summed E-state index contributed by atoms with van der Waals surface area (Å²) in [5, 5.41) is 14.3. The molecule has 2 fully saturated rings. The van der Waals surface area contributed by atoms with Crippen LogP contribution < -0.4 is 22.3 Å². The monoisotopic (exact) mass is 663 g/mol. The SMILES string of the molecule is CC(C)(CCOC(C)(C)CCCN)CNC(=O)CSc1nc2c(=O)[nH]c(N)nc2n1[C@@H]1OC2CO[PH](S)(C=O)O[C@H]2C1O. The first-order valence-corrected chi connectivity index (χ1v) is 18.2. The van der Waals surface area contributed by atoms with Crippen molar-refractivity contribution in [3.8, 4) is 0 Å². The van der Waals surface area contributed by atoms with Gasteiger partial charge in [-0.25, -0.2) is 0 Å². The molecule has 4 rings (SSSR count). The third-order valence-corrected chi connectivity index (χ3v) is 10.8. The van der Waals surface area contributed by atoms with Gasteiger partial charge >= 0.3 is 183 Å². The van der Waals surface area contributed by atoms with E-state index in [-0.39, 0.29) is 51.6 Å². The van der Waals surface area contributed by atoms with Crippen LogP contribution in [0.2, 0.25) is 0 Å². The minimum absolute atomic E-state index is 0.0215. The van der Waals surface area contributed by atoms with Gasteiger partial charge in [-0.2, -0.15) is 0 Å². The Balaban J connectivity index is 1.43. The van der Waals surface area contributed by atoms with Crippen molar-refractivity contribution in [2.24, 2.45) is 11.1 Å². The molecular weight excluding hydrogens is 621 g/mol. The van der Waals surface area contributed by atoms with E-state index < -0.39 is 37.0 Å². The van der Waals surface area contributed by atoms with Gasteiger partial charge in [-0.15, -0.1) is 0 Å². The van der Waals surface area contributed by atoms with Crippen molar-refractivity contribution in [3.05, 3.63) is 10.4 Å². The number of nitrogen functional groups attached to an aromatic ring is 1. The number of carbonyl (C=O) groups is 2. The molecule has 0 aromatic carbocycles. The fourth-order valence-corrected chi connectivity index (χ4v) is 7.54. The van der Waals surface area contributed by atoms with Crippen molar-refractivity contribution in [2.45, 2.75) is 82.3 Å². The second-order valence-corrected chi connectivity index (χ2v) is 16.9. The molecule has 0 spiro atoms. The van der Waals surface area contributed by atoms with Gasteiger partial charge in [-0.3, -0.25) is 0 Å². The van der Waals surface area contributed by atoms with Gasteiger partial charge in [0.25, 0.3) is 0 Å². The van der Waals surface area contributed by atoms with Crippen molar-refractivity contribution in [1.29, 1.82) is 0 Å². The first kappa shape index (κ1) is 34.1. The van der Waals surface area contributed by atoms with Gasteiger partial charge in [-0.05, 0) is 39.7 Å². The summed E-state index contributed by atoms with van der Waals surface area (Å²) in [5.41, 5.74) is 10.4. The van der Waals surface area contributed by atoms with Crippen molar-refractivity contribution in [3.63, 3.8) is 0 Å². The van der Waals surface area contributed by atoms with E-state index in [1.54, 1.807) is 0 Å². The summed E-state index contributed by atoms with van der Waals surface area (Å²) in [6.45, 7) is 6.34. The Morgan fingerprint density at radius 3 is 2.79 bits per heavy atom. The number of aliphatic hydroxyl groups is 1. The molecule has 2 unspecified atom stereocenters. The zero-order valence-corrected chi connectivity index (χ0v) is 27.4. The molecule has 4 heterocycles. The third kappa shape index (κ3) is 8.27. The minimum atomic E-state index is -3.43. The van der Waals surface area contributed by atoms with Crippen molar-refractivity contribution in [1.82, 2.24) is 24.8 Å². The summed E-state index contributed by atoms with van der Waals surface area (Å²) >= 11 is 5.28. The summed E-state index contributed by atoms with van der Waals surface area (Å²) in [7, 11) is 0. The molecule has 242 valence electrons. The number of nitrogens with two attached hydrogens (primary N) is 2. The number of thiol groups is 1. The quantitative estimate of drug-likeness (QED) is 0.0724. The van der Waals surface area contributed by atoms with Crippen LogP contribution in [0.3, 0.4) is 0 Å².